The van der Waals surface area contributed by atoms with Gasteiger partial charge in [0.25, 0.3) is 0 Å². The van der Waals surface area contributed by atoms with Crippen molar-refractivity contribution in [1.82, 2.24) is 0 Å². The van der Waals surface area contributed by atoms with Crippen molar-refractivity contribution in [2.24, 2.45) is 0 Å². The molecule has 0 aliphatic heterocycles. The number of benzene rings is 2. The molecule has 2 rings (SSSR count). The van der Waals surface area contributed by atoms with Crippen LogP contribution in [-0.4, -0.2) is 0 Å². The van der Waals surface area contributed by atoms with E-state index in [1.54, 1.807) is 18.2 Å². The first-order valence-electron chi connectivity index (χ1n) is 4.85. The summed E-state index contributed by atoms with van der Waals surface area (Å²) in [6.45, 7) is 0. The molecule has 0 unspecified atom stereocenters. The number of hydrogen-bond donors (Lipinski definition) is 1. The molecule has 0 fully saturated rings. The summed E-state index contributed by atoms with van der Waals surface area (Å²) in [7, 11) is 0. The number of anilines is 1. The summed E-state index contributed by atoms with van der Waals surface area (Å²) in [4.78, 5) is 0. The van der Waals surface area contributed by atoms with Crippen molar-refractivity contribution in [3.05, 3.63) is 50.7 Å². The lowest BCUT2D eigenvalue weighted by molar-refractivity contribution is 0.483. The Morgan fingerprint density at radius 1 is 1.17 bits per heavy atom. The number of ether oxygens (including phenoxy) is 1. The first-order valence-corrected chi connectivity index (χ1v) is 6.40. The van der Waals surface area contributed by atoms with E-state index in [1.165, 1.54) is 6.07 Å². The van der Waals surface area contributed by atoms with E-state index >= 15 is 0 Å². The van der Waals surface area contributed by atoms with Crippen molar-refractivity contribution < 1.29 is 9.13 Å². The van der Waals surface area contributed by atoms with Crippen LogP contribution in [0.2, 0.25) is 10.0 Å². The van der Waals surface area contributed by atoms with Gasteiger partial charge in [0.15, 0.2) is 5.75 Å². The van der Waals surface area contributed by atoms with E-state index in [-0.39, 0.29) is 15.2 Å². The Morgan fingerprint density at radius 3 is 2.61 bits per heavy atom. The van der Waals surface area contributed by atoms with E-state index in [4.69, 9.17) is 33.7 Å². The fourth-order valence-corrected chi connectivity index (χ4v) is 1.97. The van der Waals surface area contributed by atoms with Gasteiger partial charge in [0.05, 0.1) is 15.2 Å². The van der Waals surface area contributed by atoms with Crippen LogP contribution in [-0.2, 0) is 0 Å². The summed E-state index contributed by atoms with van der Waals surface area (Å²) >= 11 is 14.9. The quantitative estimate of drug-likeness (QED) is 0.749. The van der Waals surface area contributed by atoms with Crippen LogP contribution in [0.3, 0.4) is 0 Å². The highest BCUT2D eigenvalue weighted by Gasteiger charge is 2.11. The third kappa shape index (κ3) is 2.71. The van der Waals surface area contributed by atoms with Gasteiger partial charge in [0, 0.05) is 12.1 Å². The van der Waals surface area contributed by atoms with E-state index in [9.17, 15) is 4.39 Å². The average Bonchev–Trinajstić information content (AvgIpc) is 2.32. The Hall–Kier alpha value is -0.970. The fourth-order valence-electron chi connectivity index (χ4n) is 1.31. The molecule has 2 aromatic carbocycles. The van der Waals surface area contributed by atoms with Crippen LogP contribution >= 0.6 is 39.1 Å². The largest absolute Gasteiger partial charge is 0.454 e. The summed E-state index contributed by atoms with van der Waals surface area (Å²) in [5.74, 6) is 0.193. The Bertz CT molecular complexity index is 607. The van der Waals surface area contributed by atoms with Gasteiger partial charge in [-0.1, -0.05) is 29.3 Å². The Balaban J connectivity index is 2.40. The molecule has 94 valence electrons. The maximum absolute atomic E-state index is 13.2. The van der Waals surface area contributed by atoms with Gasteiger partial charge in [-0.15, -0.1) is 0 Å². The molecule has 0 spiro atoms. The number of hydrogen-bond acceptors (Lipinski definition) is 2. The van der Waals surface area contributed by atoms with Crippen molar-refractivity contribution in [2.45, 2.75) is 0 Å². The van der Waals surface area contributed by atoms with Crippen LogP contribution in [0.4, 0.5) is 10.1 Å². The molecule has 0 amide bonds. The van der Waals surface area contributed by atoms with Crippen LogP contribution < -0.4 is 10.5 Å². The molecule has 0 aromatic heterocycles. The highest BCUT2D eigenvalue weighted by atomic mass is 79.9. The molecule has 0 bridgehead atoms. The van der Waals surface area contributed by atoms with Gasteiger partial charge < -0.3 is 10.5 Å². The van der Waals surface area contributed by atoms with Crippen LogP contribution in [0.5, 0.6) is 11.5 Å². The molecular formula is C12H7BrCl2FNO. The molecule has 0 aliphatic rings. The maximum Gasteiger partial charge on any atom is 0.151 e. The summed E-state index contributed by atoms with van der Waals surface area (Å²) in [5.41, 5.74) is 5.84. The minimum absolute atomic E-state index is 0.173. The molecule has 2 nitrogen and oxygen atoms in total. The van der Waals surface area contributed by atoms with Crippen LogP contribution in [0.15, 0.2) is 34.8 Å². The SMILES string of the molecule is Nc1cc(F)c(Br)cc1Oc1cccc(Cl)c1Cl. The smallest absolute Gasteiger partial charge is 0.151 e. The van der Waals surface area contributed by atoms with Crippen LogP contribution in [0, 0.1) is 5.82 Å². The standard InChI is InChI=1S/C12H7BrCl2FNO/c13-6-4-11(9(17)5-8(6)16)18-10-3-1-2-7(14)12(10)15/h1-5H,17H2. The van der Waals surface area contributed by atoms with Crippen molar-refractivity contribution in [1.29, 1.82) is 0 Å². The lowest BCUT2D eigenvalue weighted by Crippen LogP contribution is -1.94. The number of rotatable bonds is 2. The van der Waals surface area contributed by atoms with E-state index in [2.05, 4.69) is 15.9 Å². The monoisotopic (exact) mass is 349 g/mol. The minimum Gasteiger partial charge on any atom is -0.454 e. The van der Waals surface area contributed by atoms with Crippen molar-refractivity contribution in [2.75, 3.05) is 5.73 Å². The predicted molar refractivity (Wildman–Crippen MR) is 75.0 cm³/mol. The fraction of sp³-hybridized carbons (Fsp3) is 0. The summed E-state index contributed by atoms with van der Waals surface area (Å²) in [6.07, 6.45) is 0. The molecular weight excluding hydrogens is 344 g/mol. The number of nitrogens with two attached hydrogens (primary N) is 1. The Labute approximate surface area is 122 Å². The number of nitrogen functional groups attached to an aromatic ring is 1. The molecule has 0 saturated heterocycles. The highest BCUT2D eigenvalue weighted by molar-refractivity contribution is 9.10. The molecule has 0 saturated carbocycles. The Kier molecular flexibility index (Phi) is 4.00. The second-order valence-corrected chi connectivity index (χ2v) is 5.10. The third-order valence-electron chi connectivity index (χ3n) is 2.19. The molecule has 2 N–H and O–H groups in total. The zero-order chi connectivity index (χ0) is 13.3. The van der Waals surface area contributed by atoms with E-state index < -0.39 is 5.82 Å². The van der Waals surface area contributed by atoms with E-state index in [0.717, 1.165) is 6.07 Å². The van der Waals surface area contributed by atoms with Crippen LogP contribution in [0.25, 0.3) is 0 Å². The molecule has 2 aromatic rings. The summed E-state index contributed by atoms with van der Waals surface area (Å²) in [6, 6.07) is 7.57. The second-order valence-electron chi connectivity index (χ2n) is 3.46. The topological polar surface area (TPSA) is 35.2 Å². The molecule has 0 heterocycles. The minimum atomic E-state index is -0.461. The second kappa shape index (κ2) is 5.34. The molecule has 0 aliphatic carbocycles. The summed E-state index contributed by atoms with van der Waals surface area (Å²) in [5, 5.41) is 0.646. The van der Waals surface area contributed by atoms with Crippen molar-refractivity contribution >= 4 is 44.8 Å². The first-order chi connectivity index (χ1) is 8.49. The Morgan fingerprint density at radius 2 is 1.89 bits per heavy atom. The van der Waals surface area contributed by atoms with Gasteiger partial charge in [0.1, 0.15) is 16.6 Å². The maximum atomic E-state index is 13.2. The lowest BCUT2D eigenvalue weighted by Gasteiger charge is -2.11. The van der Waals surface area contributed by atoms with Gasteiger partial charge in [-0.05, 0) is 28.1 Å². The zero-order valence-corrected chi connectivity index (χ0v) is 12.0. The van der Waals surface area contributed by atoms with Crippen molar-refractivity contribution in [3.8, 4) is 11.5 Å². The van der Waals surface area contributed by atoms with Gasteiger partial charge in [-0.3, -0.25) is 0 Å². The van der Waals surface area contributed by atoms with E-state index in [0.29, 0.717) is 16.5 Å². The first kappa shape index (κ1) is 13.5. The molecule has 0 radical (unpaired) electrons. The molecule has 6 heteroatoms. The van der Waals surface area contributed by atoms with Crippen molar-refractivity contribution in [3.63, 3.8) is 0 Å². The van der Waals surface area contributed by atoms with E-state index in [1.807, 2.05) is 0 Å². The normalized spacial score (nSPS) is 10.4. The summed E-state index contributed by atoms with van der Waals surface area (Å²) < 4.78 is 19.0. The van der Waals surface area contributed by atoms with Crippen LogP contribution in [0.1, 0.15) is 0 Å². The molecule has 18 heavy (non-hydrogen) atoms. The van der Waals surface area contributed by atoms with Gasteiger partial charge >= 0.3 is 0 Å². The lowest BCUT2D eigenvalue weighted by atomic mass is 10.3. The number of halogens is 4. The zero-order valence-electron chi connectivity index (χ0n) is 8.88. The third-order valence-corrected chi connectivity index (χ3v) is 3.60. The predicted octanol–water partition coefficient (Wildman–Crippen LogP) is 5.27. The highest BCUT2D eigenvalue weighted by Crippen LogP contribution is 2.37. The van der Waals surface area contributed by atoms with Gasteiger partial charge in [-0.25, -0.2) is 4.39 Å². The van der Waals surface area contributed by atoms with Gasteiger partial charge in [-0.2, -0.15) is 0 Å². The van der Waals surface area contributed by atoms with Gasteiger partial charge in [0.2, 0.25) is 0 Å². The average molecular weight is 351 g/mol. The molecule has 0 atom stereocenters.